The Hall–Kier alpha value is -2.96. The summed E-state index contributed by atoms with van der Waals surface area (Å²) in [6.07, 6.45) is 3.18. The van der Waals surface area contributed by atoms with Crippen LogP contribution in [-0.4, -0.2) is 26.0 Å². The van der Waals surface area contributed by atoms with Gasteiger partial charge in [0.15, 0.2) is 5.65 Å². The average Bonchev–Trinajstić information content (AvgIpc) is 2.86. The topological polar surface area (TPSA) is 101 Å². The summed E-state index contributed by atoms with van der Waals surface area (Å²) < 4.78 is 5.39. The Bertz CT molecular complexity index is 813. The highest BCUT2D eigenvalue weighted by Gasteiger charge is 2.13. The largest absolute Gasteiger partial charge is 0.478 e. The number of rotatable bonds is 4. The number of aromatic nitrogens is 3. The molecule has 3 heterocycles. The molecule has 0 aliphatic rings. The minimum atomic E-state index is -0.999. The molecule has 0 aliphatic heterocycles. The number of aryl methyl sites for hydroxylation is 1. The van der Waals surface area contributed by atoms with E-state index in [-0.39, 0.29) is 5.56 Å². The molecule has 2 N–H and O–H groups in total. The van der Waals surface area contributed by atoms with E-state index in [1.54, 1.807) is 25.4 Å². The monoisotopic (exact) mass is 284 g/mol. The van der Waals surface area contributed by atoms with Crippen LogP contribution in [0, 0.1) is 6.92 Å². The van der Waals surface area contributed by atoms with Gasteiger partial charge < -0.3 is 14.8 Å². The number of hydrogen-bond donors (Lipinski definition) is 2. The Morgan fingerprint density at radius 1 is 1.33 bits per heavy atom. The third-order valence-electron chi connectivity index (χ3n) is 2.97. The van der Waals surface area contributed by atoms with Crippen LogP contribution in [-0.2, 0) is 6.54 Å². The zero-order valence-corrected chi connectivity index (χ0v) is 11.2. The van der Waals surface area contributed by atoms with Crippen LogP contribution in [0.3, 0.4) is 0 Å². The van der Waals surface area contributed by atoms with Gasteiger partial charge in [0.2, 0.25) is 0 Å². The molecule has 0 radical (unpaired) electrons. The standard InChI is InChI=1S/C14H12N4O3/c1-8-10(14(19)20)6-9(21-8)7-17-12-3-2-11-13(18-12)16-5-4-15-11/h2-6H,7H2,1H3,(H,19,20)(H,16,17,18). The molecule has 106 valence electrons. The van der Waals surface area contributed by atoms with Gasteiger partial charge >= 0.3 is 5.97 Å². The van der Waals surface area contributed by atoms with Crippen LogP contribution in [0.2, 0.25) is 0 Å². The predicted octanol–water partition coefficient (Wildman–Crippen LogP) is 2.24. The molecule has 0 atom stereocenters. The fraction of sp³-hybridized carbons (Fsp3) is 0.143. The van der Waals surface area contributed by atoms with Crippen LogP contribution in [0.1, 0.15) is 21.9 Å². The second-order valence-electron chi connectivity index (χ2n) is 4.44. The van der Waals surface area contributed by atoms with Gasteiger partial charge in [-0.25, -0.2) is 14.8 Å². The molecule has 3 aromatic heterocycles. The molecular formula is C14H12N4O3. The van der Waals surface area contributed by atoms with Gasteiger partial charge in [-0.05, 0) is 25.1 Å². The molecule has 7 nitrogen and oxygen atoms in total. The third kappa shape index (κ3) is 2.66. The first-order valence-electron chi connectivity index (χ1n) is 6.28. The van der Waals surface area contributed by atoms with E-state index >= 15 is 0 Å². The highest BCUT2D eigenvalue weighted by atomic mass is 16.4. The minimum Gasteiger partial charge on any atom is -0.478 e. The number of nitrogens with one attached hydrogen (secondary N) is 1. The number of anilines is 1. The second-order valence-corrected chi connectivity index (χ2v) is 4.44. The number of carboxylic acids is 1. The molecule has 7 heteroatoms. The maximum Gasteiger partial charge on any atom is 0.339 e. The number of aromatic carboxylic acids is 1. The lowest BCUT2D eigenvalue weighted by Gasteiger charge is -2.03. The maximum absolute atomic E-state index is 10.9. The Morgan fingerprint density at radius 2 is 2.14 bits per heavy atom. The van der Waals surface area contributed by atoms with E-state index in [4.69, 9.17) is 9.52 Å². The lowest BCUT2D eigenvalue weighted by atomic mass is 10.2. The zero-order valence-electron chi connectivity index (χ0n) is 11.2. The first kappa shape index (κ1) is 13.0. The van der Waals surface area contributed by atoms with E-state index in [9.17, 15) is 4.79 Å². The van der Waals surface area contributed by atoms with Crippen molar-refractivity contribution in [2.75, 3.05) is 5.32 Å². The molecule has 0 fully saturated rings. The number of nitrogens with zero attached hydrogens (tertiary/aromatic N) is 3. The maximum atomic E-state index is 10.9. The number of furan rings is 1. The first-order valence-corrected chi connectivity index (χ1v) is 6.28. The first-order chi connectivity index (χ1) is 10.1. The van der Waals surface area contributed by atoms with Crippen LogP contribution < -0.4 is 5.32 Å². The highest BCUT2D eigenvalue weighted by Crippen LogP contribution is 2.16. The summed E-state index contributed by atoms with van der Waals surface area (Å²) in [4.78, 5) is 23.5. The molecule has 0 spiro atoms. The lowest BCUT2D eigenvalue weighted by molar-refractivity contribution is 0.0695. The minimum absolute atomic E-state index is 0.170. The van der Waals surface area contributed by atoms with E-state index in [0.29, 0.717) is 35.0 Å². The molecule has 0 aromatic carbocycles. The van der Waals surface area contributed by atoms with Gasteiger partial charge in [0.1, 0.15) is 28.4 Å². The normalized spacial score (nSPS) is 10.7. The van der Waals surface area contributed by atoms with Crippen molar-refractivity contribution >= 4 is 23.0 Å². The molecule has 0 saturated heterocycles. The summed E-state index contributed by atoms with van der Waals surface area (Å²) in [6.45, 7) is 1.96. The van der Waals surface area contributed by atoms with Crippen LogP contribution in [0.4, 0.5) is 5.82 Å². The van der Waals surface area contributed by atoms with E-state index in [1.165, 1.54) is 6.07 Å². The number of fused-ring (bicyclic) bond motifs is 1. The van der Waals surface area contributed by atoms with Crippen molar-refractivity contribution in [3.63, 3.8) is 0 Å². The summed E-state index contributed by atoms with van der Waals surface area (Å²) in [5.41, 5.74) is 1.43. The number of carboxylic acid groups (broad SMARTS) is 1. The molecule has 0 amide bonds. The summed E-state index contributed by atoms with van der Waals surface area (Å²) in [6, 6.07) is 5.10. The Balaban J connectivity index is 1.77. The smallest absolute Gasteiger partial charge is 0.339 e. The fourth-order valence-electron chi connectivity index (χ4n) is 1.97. The van der Waals surface area contributed by atoms with Crippen LogP contribution in [0.25, 0.3) is 11.2 Å². The van der Waals surface area contributed by atoms with Gasteiger partial charge in [0.05, 0.1) is 6.54 Å². The summed E-state index contributed by atoms with van der Waals surface area (Å²) in [5.74, 6) is 0.540. The van der Waals surface area contributed by atoms with Crippen LogP contribution in [0.5, 0.6) is 0 Å². The molecule has 0 saturated carbocycles. The van der Waals surface area contributed by atoms with Crippen LogP contribution in [0.15, 0.2) is 35.0 Å². The predicted molar refractivity (Wildman–Crippen MR) is 75.1 cm³/mol. The molecule has 0 bridgehead atoms. The highest BCUT2D eigenvalue weighted by molar-refractivity contribution is 5.88. The molecule has 21 heavy (non-hydrogen) atoms. The zero-order chi connectivity index (χ0) is 14.8. The van der Waals surface area contributed by atoms with Gasteiger partial charge in [-0.15, -0.1) is 0 Å². The van der Waals surface area contributed by atoms with Crippen molar-refractivity contribution in [2.24, 2.45) is 0 Å². The van der Waals surface area contributed by atoms with Gasteiger partial charge in [0.25, 0.3) is 0 Å². The Labute approximate surface area is 119 Å². The van der Waals surface area contributed by atoms with Crippen molar-refractivity contribution in [3.8, 4) is 0 Å². The summed E-state index contributed by atoms with van der Waals surface area (Å²) in [5, 5.41) is 12.0. The summed E-state index contributed by atoms with van der Waals surface area (Å²) in [7, 11) is 0. The average molecular weight is 284 g/mol. The molecular weight excluding hydrogens is 272 g/mol. The number of pyridine rings is 1. The van der Waals surface area contributed by atoms with Crippen molar-refractivity contribution in [1.29, 1.82) is 0 Å². The van der Waals surface area contributed by atoms with Crippen molar-refractivity contribution in [1.82, 2.24) is 15.0 Å². The summed E-state index contributed by atoms with van der Waals surface area (Å²) >= 11 is 0. The molecule has 3 aromatic rings. The number of hydrogen-bond acceptors (Lipinski definition) is 6. The van der Waals surface area contributed by atoms with E-state index in [0.717, 1.165) is 0 Å². The van der Waals surface area contributed by atoms with E-state index < -0.39 is 5.97 Å². The Kier molecular flexibility index (Phi) is 3.23. The lowest BCUT2D eigenvalue weighted by Crippen LogP contribution is -2.01. The van der Waals surface area contributed by atoms with Gasteiger partial charge in [-0.2, -0.15) is 0 Å². The fourth-order valence-corrected chi connectivity index (χ4v) is 1.97. The van der Waals surface area contributed by atoms with E-state index in [2.05, 4.69) is 20.3 Å². The van der Waals surface area contributed by atoms with Crippen molar-refractivity contribution < 1.29 is 14.3 Å². The van der Waals surface area contributed by atoms with Gasteiger partial charge in [0, 0.05) is 12.4 Å². The second kappa shape index (κ2) is 5.20. The molecule has 3 rings (SSSR count). The Morgan fingerprint density at radius 3 is 2.90 bits per heavy atom. The quantitative estimate of drug-likeness (QED) is 0.757. The van der Waals surface area contributed by atoms with E-state index in [1.807, 2.05) is 6.07 Å². The van der Waals surface area contributed by atoms with Gasteiger partial charge in [-0.3, -0.25) is 4.98 Å². The van der Waals surface area contributed by atoms with Gasteiger partial charge in [-0.1, -0.05) is 0 Å². The van der Waals surface area contributed by atoms with Crippen molar-refractivity contribution in [2.45, 2.75) is 13.5 Å². The van der Waals surface area contributed by atoms with Crippen molar-refractivity contribution in [3.05, 3.63) is 47.7 Å². The SMILES string of the molecule is Cc1oc(CNc2ccc3nccnc3n2)cc1C(=O)O. The third-order valence-corrected chi connectivity index (χ3v) is 2.97. The molecule has 0 unspecified atom stereocenters. The number of carbonyl (C=O) groups is 1. The van der Waals surface area contributed by atoms with Crippen LogP contribution >= 0.6 is 0 Å². The molecule has 0 aliphatic carbocycles.